The molecule has 1 rings (SSSR count). The maximum atomic E-state index is 14.0. The monoisotopic (exact) mass is 501 g/mol. The van der Waals surface area contributed by atoms with Gasteiger partial charge in [0.15, 0.2) is 0 Å². The first kappa shape index (κ1) is 30.5. The van der Waals surface area contributed by atoms with Crippen molar-refractivity contribution >= 4 is 23.9 Å². The number of hydrogen-bond donors (Lipinski definition) is 2. The average Bonchev–Trinajstić information content (AvgIpc) is 2.83. The molecule has 0 heterocycles. The van der Waals surface area contributed by atoms with Gasteiger partial charge in [0.05, 0.1) is 7.11 Å². The minimum Gasteiger partial charge on any atom is -0.468 e. The number of amides is 3. The molecule has 1 aromatic carbocycles. The summed E-state index contributed by atoms with van der Waals surface area (Å²) in [7, 11) is 1.21. The third-order valence-electron chi connectivity index (χ3n) is 5.50. The van der Waals surface area contributed by atoms with E-state index in [1.54, 1.807) is 45.0 Å². The first-order valence-corrected chi connectivity index (χ1v) is 12.1. The predicted octanol–water partition coefficient (Wildman–Crippen LogP) is 3.18. The molecule has 0 aliphatic rings. The molecule has 198 valence electrons. The van der Waals surface area contributed by atoms with Gasteiger partial charge in [-0.2, -0.15) is 0 Å². The van der Waals surface area contributed by atoms with Crippen LogP contribution < -0.4 is 10.6 Å². The van der Waals surface area contributed by atoms with Crippen molar-refractivity contribution < 1.29 is 28.7 Å². The molecule has 3 atom stereocenters. The highest BCUT2D eigenvalue weighted by molar-refractivity contribution is 5.93. The summed E-state index contributed by atoms with van der Waals surface area (Å²) >= 11 is 0. The Morgan fingerprint density at radius 3 is 2.31 bits per heavy atom. The number of carbonyl (C=O) groups excluding carboxylic acids is 4. The predicted molar refractivity (Wildman–Crippen MR) is 137 cm³/mol. The highest BCUT2D eigenvalue weighted by atomic mass is 16.6. The lowest BCUT2D eigenvalue weighted by Crippen LogP contribution is -2.55. The number of nitrogens with zero attached hydrogens (tertiary/aromatic N) is 1. The van der Waals surface area contributed by atoms with Gasteiger partial charge in [-0.05, 0) is 44.7 Å². The van der Waals surface area contributed by atoms with Crippen molar-refractivity contribution in [3.63, 3.8) is 0 Å². The van der Waals surface area contributed by atoms with E-state index in [1.807, 2.05) is 20.8 Å². The first-order valence-electron chi connectivity index (χ1n) is 12.1. The van der Waals surface area contributed by atoms with Crippen LogP contribution in [0.4, 0.5) is 4.79 Å². The van der Waals surface area contributed by atoms with Crippen molar-refractivity contribution in [2.45, 2.75) is 72.1 Å². The molecule has 3 unspecified atom stereocenters. The molecule has 0 aliphatic heterocycles. The Bertz CT molecular complexity index is 963. The van der Waals surface area contributed by atoms with E-state index in [9.17, 15) is 19.2 Å². The number of esters is 1. The maximum absolute atomic E-state index is 14.0. The number of nitrogens with one attached hydrogen (secondary N) is 2. The van der Waals surface area contributed by atoms with Crippen LogP contribution in [0.15, 0.2) is 24.3 Å². The van der Waals surface area contributed by atoms with E-state index in [-0.39, 0.29) is 19.0 Å². The zero-order valence-corrected chi connectivity index (χ0v) is 22.3. The fourth-order valence-electron chi connectivity index (χ4n) is 3.55. The Morgan fingerprint density at radius 1 is 1.14 bits per heavy atom. The van der Waals surface area contributed by atoms with Gasteiger partial charge in [0, 0.05) is 12.1 Å². The summed E-state index contributed by atoms with van der Waals surface area (Å²) < 4.78 is 10.0. The molecule has 0 saturated heterocycles. The number of benzene rings is 1. The topological polar surface area (TPSA) is 114 Å². The average molecular weight is 502 g/mol. The largest absolute Gasteiger partial charge is 0.468 e. The van der Waals surface area contributed by atoms with Crippen LogP contribution in [0, 0.1) is 18.3 Å². The van der Waals surface area contributed by atoms with Crippen molar-refractivity contribution in [1.82, 2.24) is 15.5 Å². The number of alkyl carbamates (subject to hydrolysis) is 1. The van der Waals surface area contributed by atoms with Crippen LogP contribution in [0.5, 0.6) is 0 Å². The Hall–Kier alpha value is -3.54. The van der Waals surface area contributed by atoms with Gasteiger partial charge in [-0.3, -0.25) is 14.4 Å². The highest BCUT2D eigenvalue weighted by Crippen LogP contribution is 2.27. The fraction of sp³-hybridized carbons (Fsp3) is 0.556. The molecule has 0 aromatic heterocycles. The summed E-state index contributed by atoms with van der Waals surface area (Å²) in [5, 5.41) is 5.24. The van der Waals surface area contributed by atoms with E-state index in [0.717, 1.165) is 0 Å². The second-order valence-corrected chi connectivity index (χ2v) is 9.47. The van der Waals surface area contributed by atoms with Gasteiger partial charge in [0.1, 0.15) is 24.2 Å². The highest BCUT2D eigenvalue weighted by Gasteiger charge is 2.38. The first-order chi connectivity index (χ1) is 16.9. The van der Waals surface area contributed by atoms with Gasteiger partial charge in [0.2, 0.25) is 11.8 Å². The molecule has 3 amide bonds. The van der Waals surface area contributed by atoms with Crippen LogP contribution in [-0.2, 0) is 23.9 Å². The zero-order valence-electron chi connectivity index (χ0n) is 22.3. The van der Waals surface area contributed by atoms with Crippen molar-refractivity contribution in [3.05, 3.63) is 35.4 Å². The standard InChI is InChI=1S/C27H39N3O6/c1-9-16-30(25(33)22(18(4)10-2)29-26(34)36-27(5,6)7)23(24(32)28-17-21(31)35-8)20-15-13-12-14-19(20)11-3/h3,12-15,18,22-23H,9-10,16-17H2,1-2,4-8H3,(H,28,32)(H,29,34). The zero-order chi connectivity index (χ0) is 27.5. The van der Waals surface area contributed by atoms with E-state index in [0.29, 0.717) is 24.0 Å². The molecule has 9 nitrogen and oxygen atoms in total. The van der Waals surface area contributed by atoms with Gasteiger partial charge in [-0.1, -0.05) is 51.3 Å². The van der Waals surface area contributed by atoms with E-state index in [4.69, 9.17) is 11.2 Å². The van der Waals surface area contributed by atoms with Crippen LogP contribution in [0.3, 0.4) is 0 Å². The second-order valence-electron chi connectivity index (χ2n) is 9.47. The smallest absolute Gasteiger partial charge is 0.408 e. The Balaban J connectivity index is 3.53. The number of rotatable bonds is 11. The van der Waals surface area contributed by atoms with Crippen molar-refractivity contribution in [2.75, 3.05) is 20.2 Å². The maximum Gasteiger partial charge on any atom is 0.408 e. The molecule has 2 N–H and O–H groups in total. The van der Waals surface area contributed by atoms with E-state index in [1.165, 1.54) is 12.0 Å². The third kappa shape index (κ3) is 8.91. The molecule has 0 fully saturated rings. The summed E-state index contributed by atoms with van der Waals surface area (Å²) in [5.74, 6) is 0.623. The molecule has 0 radical (unpaired) electrons. The molecule has 0 aliphatic carbocycles. The molecule has 36 heavy (non-hydrogen) atoms. The molecule has 0 bridgehead atoms. The minimum atomic E-state index is -1.14. The van der Waals surface area contributed by atoms with Gasteiger partial charge in [0.25, 0.3) is 0 Å². The van der Waals surface area contributed by atoms with Gasteiger partial charge in [-0.25, -0.2) is 4.79 Å². The lowest BCUT2D eigenvalue weighted by atomic mass is 9.94. The summed E-state index contributed by atoms with van der Waals surface area (Å²) in [6, 6.07) is 4.71. The molecule has 0 saturated carbocycles. The molecule has 9 heteroatoms. The fourth-order valence-corrected chi connectivity index (χ4v) is 3.55. The van der Waals surface area contributed by atoms with Gasteiger partial charge in [-0.15, -0.1) is 6.42 Å². The van der Waals surface area contributed by atoms with E-state index in [2.05, 4.69) is 21.3 Å². The number of carbonyl (C=O) groups is 4. The van der Waals surface area contributed by atoms with Gasteiger partial charge >= 0.3 is 12.1 Å². The minimum absolute atomic E-state index is 0.205. The summed E-state index contributed by atoms with van der Waals surface area (Å²) in [6.45, 7) is 10.6. The second kappa shape index (κ2) is 14.1. The van der Waals surface area contributed by atoms with Crippen LogP contribution in [0.25, 0.3) is 0 Å². The summed E-state index contributed by atoms with van der Waals surface area (Å²) in [4.78, 5) is 53.1. The number of hydrogen-bond acceptors (Lipinski definition) is 6. The van der Waals surface area contributed by atoms with Crippen molar-refractivity contribution in [3.8, 4) is 12.3 Å². The quantitative estimate of drug-likeness (QED) is 0.356. The van der Waals surface area contributed by atoms with Crippen molar-refractivity contribution in [1.29, 1.82) is 0 Å². The van der Waals surface area contributed by atoms with E-state index >= 15 is 0 Å². The van der Waals surface area contributed by atoms with Crippen molar-refractivity contribution in [2.24, 2.45) is 5.92 Å². The Morgan fingerprint density at radius 2 is 1.78 bits per heavy atom. The molecular formula is C27H39N3O6. The molecule has 0 spiro atoms. The molecule has 1 aromatic rings. The number of methoxy groups -OCH3 is 1. The van der Waals surface area contributed by atoms with E-state index < -0.39 is 41.6 Å². The van der Waals surface area contributed by atoms with Crippen LogP contribution in [0.2, 0.25) is 0 Å². The molecular weight excluding hydrogens is 462 g/mol. The Kier molecular flexibility index (Phi) is 12.0. The lowest BCUT2D eigenvalue weighted by Gasteiger charge is -2.36. The van der Waals surface area contributed by atoms with Gasteiger partial charge < -0.3 is 25.0 Å². The van der Waals surface area contributed by atoms with Crippen LogP contribution in [0.1, 0.15) is 71.6 Å². The SMILES string of the molecule is C#Cc1ccccc1C(C(=O)NCC(=O)OC)N(CCC)C(=O)C(NC(=O)OC(C)(C)C)C(C)CC. The summed E-state index contributed by atoms with van der Waals surface area (Å²) in [6.07, 6.45) is 6.10. The lowest BCUT2D eigenvalue weighted by molar-refractivity contribution is -0.145. The summed E-state index contributed by atoms with van der Waals surface area (Å²) in [5.41, 5.74) is 0.118. The normalized spacial score (nSPS) is 13.4. The van der Waals surface area contributed by atoms with Crippen LogP contribution >= 0.6 is 0 Å². The number of ether oxygens (including phenoxy) is 2. The third-order valence-corrected chi connectivity index (χ3v) is 5.50. The number of terminal acetylenes is 1. The van der Waals surface area contributed by atoms with Crippen LogP contribution in [-0.4, -0.2) is 60.6 Å². The Labute approximate surface area is 214 Å².